The first-order chi connectivity index (χ1) is 11.7. The van der Waals surface area contributed by atoms with Crippen molar-refractivity contribution < 1.29 is 4.39 Å². The monoisotopic (exact) mass is 343 g/mol. The summed E-state index contributed by atoms with van der Waals surface area (Å²) in [5, 5.41) is 14.8. The summed E-state index contributed by atoms with van der Waals surface area (Å²) in [7, 11) is 0. The van der Waals surface area contributed by atoms with E-state index in [1.807, 2.05) is 0 Å². The van der Waals surface area contributed by atoms with Crippen molar-refractivity contribution in [3.8, 4) is 0 Å². The number of halogens is 2. The number of H-pyrrole nitrogens is 1. The van der Waals surface area contributed by atoms with Gasteiger partial charge in [0.1, 0.15) is 11.0 Å². The van der Waals surface area contributed by atoms with Gasteiger partial charge < -0.3 is 5.32 Å². The predicted molar refractivity (Wildman–Crippen MR) is 87.7 cm³/mol. The van der Waals surface area contributed by atoms with E-state index in [0.717, 1.165) is 5.39 Å². The molecule has 0 aliphatic carbocycles. The van der Waals surface area contributed by atoms with E-state index in [1.54, 1.807) is 35.3 Å². The molecular weight excluding hydrogens is 333 g/mol. The Kier molecular flexibility index (Phi) is 3.58. The van der Waals surface area contributed by atoms with E-state index in [0.29, 0.717) is 28.0 Å². The van der Waals surface area contributed by atoms with Gasteiger partial charge in [-0.05, 0) is 6.07 Å². The van der Waals surface area contributed by atoms with E-state index in [4.69, 9.17) is 11.6 Å². The lowest BCUT2D eigenvalue weighted by Gasteiger charge is -2.06. The molecule has 0 fully saturated rings. The number of hydrogen-bond donors (Lipinski definition) is 2. The van der Waals surface area contributed by atoms with Gasteiger partial charge in [0.15, 0.2) is 5.65 Å². The van der Waals surface area contributed by atoms with E-state index < -0.39 is 0 Å². The van der Waals surface area contributed by atoms with E-state index in [1.165, 1.54) is 12.3 Å². The van der Waals surface area contributed by atoms with Crippen LogP contribution in [-0.4, -0.2) is 29.9 Å². The quantitative estimate of drug-likeness (QED) is 0.594. The Hall–Kier alpha value is -3.00. The Morgan fingerprint density at radius 2 is 2.08 bits per heavy atom. The first-order valence-corrected chi connectivity index (χ1v) is 7.46. The predicted octanol–water partition coefficient (Wildman–Crippen LogP) is 3.13. The van der Waals surface area contributed by atoms with Crippen LogP contribution in [0.25, 0.3) is 11.0 Å². The zero-order valence-corrected chi connectivity index (χ0v) is 13.0. The van der Waals surface area contributed by atoms with Crippen molar-refractivity contribution in [2.45, 2.75) is 6.54 Å². The molecule has 4 rings (SSSR count). The molecule has 0 saturated carbocycles. The molecule has 7 nitrogen and oxygen atoms in total. The van der Waals surface area contributed by atoms with Crippen LogP contribution in [0.3, 0.4) is 0 Å². The average molecular weight is 344 g/mol. The minimum atomic E-state index is -0.279. The Bertz CT molecular complexity index is 1010. The number of aromatic amines is 1. The minimum absolute atomic E-state index is 0.277. The van der Waals surface area contributed by atoms with Gasteiger partial charge in [0.2, 0.25) is 5.95 Å². The fourth-order valence-electron chi connectivity index (χ4n) is 2.31. The third-order valence-corrected chi connectivity index (χ3v) is 3.78. The molecule has 9 heteroatoms. The highest BCUT2D eigenvalue weighted by Crippen LogP contribution is 2.22. The summed E-state index contributed by atoms with van der Waals surface area (Å²) in [4.78, 5) is 8.64. The van der Waals surface area contributed by atoms with Crippen LogP contribution < -0.4 is 5.32 Å². The summed E-state index contributed by atoms with van der Waals surface area (Å²) in [5.41, 5.74) is 1.69. The summed E-state index contributed by atoms with van der Waals surface area (Å²) in [6.07, 6.45) is 4.82. The van der Waals surface area contributed by atoms with Crippen LogP contribution in [0.2, 0.25) is 5.15 Å². The van der Waals surface area contributed by atoms with Crippen molar-refractivity contribution in [1.82, 2.24) is 29.9 Å². The molecule has 0 radical (unpaired) electrons. The van der Waals surface area contributed by atoms with Crippen molar-refractivity contribution in [3.63, 3.8) is 0 Å². The summed E-state index contributed by atoms with van der Waals surface area (Å²) in [6, 6.07) is 6.57. The van der Waals surface area contributed by atoms with E-state index in [-0.39, 0.29) is 12.4 Å². The lowest BCUT2D eigenvalue weighted by molar-refractivity contribution is 0.589. The highest BCUT2D eigenvalue weighted by atomic mass is 35.5. The van der Waals surface area contributed by atoms with Crippen molar-refractivity contribution in [3.05, 3.63) is 59.4 Å². The molecule has 0 unspecified atom stereocenters. The van der Waals surface area contributed by atoms with Gasteiger partial charge in [-0.15, -0.1) is 0 Å². The normalized spacial score (nSPS) is 11.1. The van der Waals surface area contributed by atoms with Gasteiger partial charge in [-0.2, -0.15) is 15.2 Å². The Balaban J connectivity index is 1.68. The molecule has 0 spiro atoms. The molecule has 24 heavy (non-hydrogen) atoms. The highest BCUT2D eigenvalue weighted by molar-refractivity contribution is 6.32. The van der Waals surface area contributed by atoms with E-state index in [9.17, 15) is 4.39 Å². The number of nitrogens with one attached hydrogen (secondary N) is 2. The van der Waals surface area contributed by atoms with Crippen molar-refractivity contribution in [2.24, 2.45) is 0 Å². The van der Waals surface area contributed by atoms with Crippen LogP contribution in [-0.2, 0) is 6.54 Å². The van der Waals surface area contributed by atoms with Crippen LogP contribution in [0.15, 0.2) is 42.9 Å². The molecular formula is C15H11ClFN7. The standard InChI is InChI=1S/C15H11ClFN7/c16-13-12(7-19-23-13)21-15-18-5-10-6-20-24(14(10)22-15)8-9-3-1-2-4-11(9)17/h1-7H,8H2,(H,19,23)(H,18,21,22). The molecule has 0 bridgehead atoms. The third kappa shape index (κ3) is 2.67. The topological polar surface area (TPSA) is 84.3 Å². The van der Waals surface area contributed by atoms with Crippen molar-refractivity contribution in [1.29, 1.82) is 0 Å². The number of anilines is 2. The van der Waals surface area contributed by atoms with Gasteiger partial charge in [-0.25, -0.2) is 14.1 Å². The molecule has 0 aliphatic rings. The molecule has 0 amide bonds. The number of aromatic nitrogens is 6. The van der Waals surface area contributed by atoms with Crippen LogP contribution in [0.4, 0.5) is 16.0 Å². The van der Waals surface area contributed by atoms with E-state index >= 15 is 0 Å². The summed E-state index contributed by atoms with van der Waals surface area (Å²) >= 11 is 5.95. The summed E-state index contributed by atoms with van der Waals surface area (Å²) in [5.74, 6) is 0.0693. The van der Waals surface area contributed by atoms with Crippen molar-refractivity contribution in [2.75, 3.05) is 5.32 Å². The van der Waals surface area contributed by atoms with Gasteiger partial charge in [0.25, 0.3) is 0 Å². The number of rotatable bonds is 4. The number of nitrogens with zero attached hydrogens (tertiary/aromatic N) is 5. The Morgan fingerprint density at radius 1 is 1.21 bits per heavy atom. The molecule has 4 aromatic rings. The Labute approximate surface area is 140 Å². The zero-order valence-electron chi connectivity index (χ0n) is 12.2. The second kappa shape index (κ2) is 5.89. The van der Waals surface area contributed by atoms with Crippen LogP contribution in [0, 0.1) is 5.82 Å². The molecule has 0 aliphatic heterocycles. The maximum Gasteiger partial charge on any atom is 0.229 e. The number of hydrogen-bond acceptors (Lipinski definition) is 5. The zero-order chi connectivity index (χ0) is 16.5. The molecule has 3 heterocycles. The van der Waals surface area contributed by atoms with Gasteiger partial charge in [-0.1, -0.05) is 29.8 Å². The van der Waals surface area contributed by atoms with Gasteiger partial charge in [0, 0.05) is 11.8 Å². The SMILES string of the molecule is Fc1ccccc1Cn1ncc2cnc(Nc3cn[nH]c3Cl)nc21. The first kappa shape index (κ1) is 14.6. The molecule has 120 valence electrons. The fourth-order valence-corrected chi connectivity index (χ4v) is 2.45. The van der Waals surface area contributed by atoms with Gasteiger partial charge in [-0.3, -0.25) is 5.10 Å². The highest BCUT2D eigenvalue weighted by Gasteiger charge is 2.11. The maximum atomic E-state index is 13.8. The van der Waals surface area contributed by atoms with Gasteiger partial charge >= 0.3 is 0 Å². The Morgan fingerprint density at radius 3 is 2.88 bits per heavy atom. The van der Waals surface area contributed by atoms with Crippen LogP contribution in [0.1, 0.15) is 5.56 Å². The lowest BCUT2D eigenvalue weighted by Crippen LogP contribution is -2.05. The average Bonchev–Trinajstić information content (AvgIpc) is 3.17. The summed E-state index contributed by atoms with van der Waals surface area (Å²) < 4.78 is 15.5. The second-order valence-corrected chi connectivity index (χ2v) is 5.47. The largest absolute Gasteiger partial charge is 0.320 e. The molecule has 1 aromatic carbocycles. The van der Waals surface area contributed by atoms with Gasteiger partial charge in [0.05, 0.1) is 30.0 Å². The smallest absolute Gasteiger partial charge is 0.229 e. The second-order valence-electron chi connectivity index (χ2n) is 5.09. The summed E-state index contributed by atoms with van der Waals surface area (Å²) in [6.45, 7) is 0.277. The lowest BCUT2D eigenvalue weighted by atomic mass is 10.2. The third-order valence-electron chi connectivity index (χ3n) is 3.49. The molecule has 3 aromatic heterocycles. The number of fused-ring (bicyclic) bond motifs is 1. The van der Waals surface area contributed by atoms with Crippen LogP contribution in [0.5, 0.6) is 0 Å². The number of benzene rings is 1. The fraction of sp³-hybridized carbons (Fsp3) is 0.0667. The molecule has 0 saturated heterocycles. The molecule has 0 atom stereocenters. The van der Waals surface area contributed by atoms with Crippen LogP contribution >= 0.6 is 11.6 Å². The first-order valence-electron chi connectivity index (χ1n) is 7.08. The molecule has 2 N–H and O–H groups in total. The minimum Gasteiger partial charge on any atom is -0.320 e. The van der Waals surface area contributed by atoms with Crippen molar-refractivity contribution >= 4 is 34.3 Å². The van der Waals surface area contributed by atoms with E-state index in [2.05, 4.69) is 30.6 Å². The maximum absolute atomic E-state index is 13.8.